The molecule has 3 N–H and O–H groups in total. The van der Waals surface area contributed by atoms with Gasteiger partial charge in [-0.1, -0.05) is 32.9 Å². The van der Waals surface area contributed by atoms with E-state index in [4.69, 9.17) is 5.11 Å². The second kappa shape index (κ2) is 9.68. The third-order valence-corrected chi connectivity index (χ3v) is 4.24. The highest BCUT2D eigenvalue weighted by Gasteiger charge is 2.10. The quantitative estimate of drug-likeness (QED) is 0.687. The lowest BCUT2D eigenvalue weighted by Crippen LogP contribution is -2.38. The van der Waals surface area contributed by atoms with Crippen LogP contribution in [0.5, 0.6) is 0 Å². The monoisotopic (exact) mass is 310 g/mol. The molecule has 1 rings (SSSR count). The molecule has 1 aromatic carbocycles. The Bertz CT molecular complexity index is 438. The fourth-order valence-corrected chi connectivity index (χ4v) is 2.59. The Morgan fingerprint density at radius 3 is 2.76 bits per heavy atom. The standard InChI is InChI=1S/C16H26N2O2S/c1-4-14(8-9-19)17-16(20)18-15-7-5-6-13(10-15)11-21-12(2)3/h5-7,10,12,14,19H,4,8-9,11H2,1-3H3,(H2,17,18,20). The molecule has 0 radical (unpaired) electrons. The van der Waals surface area contributed by atoms with Crippen LogP contribution in [0.15, 0.2) is 24.3 Å². The summed E-state index contributed by atoms with van der Waals surface area (Å²) in [5.41, 5.74) is 2.00. The van der Waals surface area contributed by atoms with Gasteiger partial charge in [-0.05, 0) is 35.8 Å². The number of thioether (sulfide) groups is 1. The normalized spacial score (nSPS) is 12.2. The third-order valence-electron chi connectivity index (χ3n) is 3.07. The van der Waals surface area contributed by atoms with Crippen LogP contribution < -0.4 is 10.6 Å². The van der Waals surface area contributed by atoms with Gasteiger partial charge in [-0.25, -0.2) is 4.79 Å². The summed E-state index contributed by atoms with van der Waals surface area (Å²) in [5, 5.41) is 15.3. The summed E-state index contributed by atoms with van der Waals surface area (Å²) in [7, 11) is 0. The molecule has 0 fully saturated rings. The largest absolute Gasteiger partial charge is 0.396 e. The number of nitrogens with one attached hydrogen (secondary N) is 2. The van der Waals surface area contributed by atoms with E-state index in [1.807, 2.05) is 36.9 Å². The van der Waals surface area contributed by atoms with Crippen LogP contribution in [0.1, 0.15) is 39.2 Å². The number of hydrogen-bond acceptors (Lipinski definition) is 3. The predicted molar refractivity (Wildman–Crippen MR) is 90.8 cm³/mol. The van der Waals surface area contributed by atoms with E-state index in [-0.39, 0.29) is 18.7 Å². The Kier molecular flexibility index (Phi) is 8.23. The summed E-state index contributed by atoms with van der Waals surface area (Å²) in [5.74, 6) is 0.941. The smallest absolute Gasteiger partial charge is 0.319 e. The molecule has 0 saturated heterocycles. The molecule has 0 aromatic heterocycles. The summed E-state index contributed by atoms with van der Waals surface area (Å²) >= 11 is 1.88. The number of rotatable bonds is 8. The summed E-state index contributed by atoms with van der Waals surface area (Å²) in [6.07, 6.45) is 1.38. The van der Waals surface area contributed by atoms with Crippen LogP contribution in [0.2, 0.25) is 0 Å². The molecule has 1 unspecified atom stereocenters. The SMILES string of the molecule is CCC(CCO)NC(=O)Nc1cccc(CSC(C)C)c1. The predicted octanol–water partition coefficient (Wildman–Crippen LogP) is 3.61. The van der Waals surface area contributed by atoms with Crippen molar-refractivity contribution in [2.45, 2.75) is 50.7 Å². The van der Waals surface area contributed by atoms with Crippen molar-refractivity contribution in [1.29, 1.82) is 0 Å². The van der Waals surface area contributed by atoms with Crippen LogP contribution in [-0.2, 0) is 5.75 Å². The Morgan fingerprint density at radius 1 is 1.38 bits per heavy atom. The highest BCUT2D eigenvalue weighted by atomic mass is 32.2. The van der Waals surface area contributed by atoms with Gasteiger partial charge in [0.1, 0.15) is 0 Å². The Hall–Kier alpha value is -1.20. The van der Waals surface area contributed by atoms with Crippen LogP contribution in [-0.4, -0.2) is 29.0 Å². The highest BCUT2D eigenvalue weighted by Crippen LogP contribution is 2.19. The van der Waals surface area contributed by atoms with E-state index in [0.717, 1.165) is 17.9 Å². The van der Waals surface area contributed by atoms with E-state index in [9.17, 15) is 4.79 Å². The Labute approximate surface area is 131 Å². The van der Waals surface area contributed by atoms with Crippen molar-refractivity contribution in [2.75, 3.05) is 11.9 Å². The second-order valence-corrected chi connectivity index (χ2v) is 6.84. The van der Waals surface area contributed by atoms with Gasteiger partial charge >= 0.3 is 6.03 Å². The van der Waals surface area contributed by atoms with Gasteiger partial charge in [0, 0.05) is 24.1 Å². The maximum absolute atomic E-state index is 11.9. The van der Waals surface area contributed by atoms with Crippen molar-refractivity contribution in [1.82, 2.24) is 5.32 Å². The maximum Gasteiger partial charge on any atom is 0.319 e. The van der Waals surface area contributed by atoms with Crippen molar-refractivity contribution in [3.63, 3.8) is 0 Å². The number of carbonyl (C=O) groups excluding carboxylic acids is 1. The molecule has 0 aliphatic heterocycles. The molecule has 5 heteroatoms. The summed E-state index contributed by atoms with van der Waals surface area (Å²) in [4.78, 5) is 11.9. The van der Waals surface area contributed by atoms with Crippen LogP contribution in [0, 0.1) is 0 Å². The molecule has 21 heavy (non-hydrogen) atoms. The first-order valence-electron chi connectivity index (χ1n) is 7.44. The molecule has 0 aliphatic carbocycles. The van der Waals surface area contributed by atoms with E-state index in [1.165, 1.54) is 5.56 Å². The Morgan fingerprint density at radius 2 is 2.14 bits per heavy atom. The van der Waals surface area contributed by atoms with E-state index in [0.29, 0.717) is 11.7 Å². The number of anilines is 1. The first-order chi connectivity index (χ1) is 10.0. The van der Waals surface area contributed by atoms with Gasteiger partial charge in [-0.2, -0.15) is 11.8 Å². The van der Waals surface area contributed by atoms with Crippen LogP contribution in [0.3, 0.4) is 0 Å². The molecule has 0 spiro atoms. The van der Waals surface area contributed by atoms with E-state index in [1.54, 1.807) is 0 Å². The summed E-state index contributed by atoms with van der Waals surface area (Å²) in [6, 6.07) is 7.70. The molecule has 1 aromatic rings. The maximum atomic E-state index is 11.9. The zero-order valence-corrected chi connectivity index (χ0v) is 13.9. The average molecular weight is 310 g/mol. The number of benzene rings is 1. The molecule has 2 amide bonds. The minimum atomic E-state index is -0.219. The summed E-state index contributed by atoms with van der Waals surface area (Å²) < 4.78 is 0. The summed E-state index contributed by atoms with van der Waals surface area (Å²) in [6.45, 7) is 6.42. The number of aliphatic hydroxyl groups excluding tert-OH is 1. The van der Waals surface area contributed by atoms with Gasteiger partial charge in [0.15, 0.2) is 0 Å². The molecule has 0 bridgehead atoms. The molecular formula is C16H26N2O2S. The molecule has 0 saturated carbocycles. The first kappa shape index (κ1) is 17.9. The minimum absolute atomic E-state index is 0.00896. The van der Waals surface area contributed by atoms with E-state index in [2.05, 4.69) is 30.5 Å². The molecule has 0 heterocycles. The molecule has 1 atom stereocenters. The minimum Gasteiger partial charge on any atom is -0.396 e. The molecule has 118 valence electrons. The first-order valence-corrected chi connectivity index (χ1v) is 8.49. The van der Waals surface area contributed by atoms with E-state index >= 15 is 0 Å². The lowest BCUT2D eigenvalue weighted by Gasteiger charge is -2.16. The van der Waals surface area contributed by atoms with Crippen LogP contribution in [0.25, 0.3) is 0 Å². The zero-order chi connectivity index (χ0) is 15.7. The topological polar surface area (TPSA) is 61.4 Å². The number of urea groups is 1. The van der Waals surface area contributed by atoms with Gasteiger partial charge in [-0.3, -0.25) is 0 Å². The fraction of sp³-hybridized carbons (Fsp3) is 0.562. The van der Waals surface area contributed by atoms with Gasteiger partial charge < -0.3 is 15.7 Å². The van der Waals surface area contributed by atoms with Crippen molar-refractivity contribution in [3.05, 3.63) is 29.8 Å². The van der Waals surface area contributed by atoms with Crippen molar-refractivity contribution in [2.24, 2.45) is 0 Å². The van der Waals surface area contributed by atoms with Crippen molar-refractivity contribution in [3.8, 4) is 0 Å². The van der Waals surface area contributed by atoms with Crippen LogP contribution in [0.4, 0.5) is 10.5 Å². The Balaban J connectivity index is 2.53. The second-order valence-electron chi connectivity index (χ2n) is 5.28. The lowest BCUT2D eigenvalue weighted by molar-refractivity contribution is 0.237. The van der Waals surface area contributed by atoms with E-state index < -0.39 is 0 Å². The molecule has 0 aliphatic rings. The van der Waals surface area contributed by atoms with Crippen LogP contribution >= 0.6 is 11.8 Å². The highest BCUT2D eigenvalue weighted by molar-refractivity contribution is 7.99. The number of hydrogen-bond donors (Lipinski definition) is 3. The lowest BCUT2D eigenvalue weighted by atomic mass is 10.1. The third kappa shape index (κ3) is 7.39. The zero-order valence-electron chi connectivity index (χ0n) is 13.1. The molecule has 4 nitrogen and oxygen atoms in total. The van der Waals surface area contributed by atoms with Gasteiger partial charge in [0.05, 0.1) is 0 Å². The van der Waals surface area contributed by atoms with Gasteiger partial charge in [0.2, 0.25) is 0 Å². The molecular weight excluding hydrogens is 284 g/mol. The van der Waals surface area contributed by atoms with Gasteiger partial charge in [-0.15, -0.1) is 0 Å². The number of carbonyl (C=O) groups is 1. The van der Waals surface area contributed by atoms with Crippen molar-refractivity contribution < 1.29 is 9.90 Å². The van der Waals surface area contributed by atoms with Crippen molar-refractivity contribution >= 4 is 23.5 Å². The number of amides is 2. The fourth-order valence-electron chi connectivity index (χ4n) is 1.89. The van der Waals surface area contributed by atoms with Gasteiger partial charge in [0.25, 0.3) is 0 Å². The average Bonchev–Trinajstić information content (AvgIpc) is 2.45. The number of aliphatic hydroxyl groups is 1.